The molecule has 0 bridgehead atoms. The van der Waals surface area contributed by atoms with Crippen molar-refractivity contribution in [1.82, 2.24) is 20.1 Å². The van der Waals surface area contributed by atoms with Crippen molar-refractivity contribution in [2.24, 2.45) is 0 Å². The van der Waals surface area contributed by atoms with E-state index in [1.807, 2.05) is 29.6 Å². The minimum Gasteiger partial charge on any atom is -0.497 e. The predicted octanol–water partition coefficient (Wildman–Crippen LogP) is 2.11. The van der Waals surface area contributed by atoms with Crippen LogP contribution in [0.5, 0.6) is 5.75 Å². The highest BCUT2D eigenvalue weighted by Crippen LogP contribution is 2.23. The molecule has 140 valence electrons. The molecule has 1 saturated heterocycles. The van der Waals surface area contributed by atoms with Crippen LogP contribution in [0.15, 0.2) is 52.8 Å². The van der Waals surface area contributed by atoms with Crippen LogP contribution in [0.3, 0.4) is 0 Å². The summed E-state index contributed by atoms with van der Waals surface area (Å²) in [5.41, 5.74) is 1.48. The molecule has 7 nitrogen and oxygen atoms in total. The van der Waals surface area contributed by atoms with Crippen LogP contribution in [0.1, 0.15) is 11.0 Å². The molecule has 1 aromatic carbocycles. The van der Waals surface area contributed by atoms with Crippen LogP contribution >= 0.6 is 11.3 Å². The van der Waals surface area contributed by atoms with Gasteiger partial charge in [0.05, 0.1) is 38.1 Å². The van der Waals surface area contributed by atoms with Crippen LogP contribution in [-0.4, -0.2) is 41.1 Å². The van der Waals surface area contributed by atoms with E-state index >= 15 is 0 Å². The van der Waals surface area contributed by atoms with Gasteiger partial charge in [0.2, 0.25) is 0 Å². The van der Waals surface area contributed by atoms with Crippen molar-refractivity contribution >= 4 is 11.3 Å². The highest BCUT2D eigenvalue weighted by atomic mass is 32.1. The van der Waals surface area contributed by atoms with E-state index in [2.05, 4.69) is 15.4 Å². The van der Waals surface area contributed by atoms with E-state index in [4.69, 9.17) is 9.47 Å². The van der Waals surface area contributed by atoms with Crippen LogP contribution in [0.2, 0.25) is 0 Å². The van der Waals surface area contributed by atoms with E-state index in [1.54, 1.807) is 36.8 Å². The molecular formula is C19H20N4O3S. The lowest BCUT2D eigenvalue weighted by Crippen LogP contribution is -2.41. The molecule has 0 saturated carbocycles. The van der Waals surface area contributed by atoms with Crippen LogP contribution in [-0.2, 0) is 11.3 Å². The summed E-state index contributed by atoms with van der Waals surface area (Å²) < 4.78 is 12.4. The quantitative estimate of drug-likeness (QED) is 0.701. The van der Waals surface area contributed by atoms with Crippen LogP contribution in [0.25, 0.3) is 11.3 Å². The highest BCUT2D eigenvalue weighted by molar-refractivity contribution is 7.09. The van der Waals surface area contributed by atoms with Gasteiger partial charge in [-0.2, -0.15) is 5.10 Å². The third-order valence-corrected chi connectivity index (χ3v) is 5.33. The predicted molar refractivity (Wildman–Crippen MR) is 103 cm³/mol. The number of nitrogens with zero attached hydrogens (tertiary/aromatic N) is 3. The van der Waals surface area contributed by atoms with Crippen molar-refractivity contribution in [2.45, 2.75) is 18.6 Å². The molecule has 0 spiro atoms. The van der Waals surface area contributed by atoms with Crippen molar-refractivity contribution in [3.8, 4) is 17.0 Å². The molecule has 1 aliphatic rings. The molecular weight excluding hydrogens is 364 g/mol. The molecule has 27 heavy (non-hydrogen) atoms. The molecule has 3 aromatic rings. The number of hydrogen-bond acceptors (Lipinski definition) is 7. The Hall–Kier alpha value is -2.55. The smallest absolute Gasteiger partial charge is 0.267 e. The lowest BCUT2D eigenvalue weighted by Gasteiger charge is -2.20. The molecule has 0 radical (unpaired) electrons. The van der Waals surface area contributed by atoms with Gasteiger partial charge in [0.15, 0.2) is 0 Å². The fraction of sp³-hybridized carbons (Fsp3) is 0.316. The lowest BCUT2D eigenvalue weighted by atomic mass is 10.1. The van der Waals surface area contributed by atoms with Crippen molar-refractivity contribution in [3.05, 3.63) is 63.3 Å². The van der Waals surface area contributed by atoms with Crippen LogP contribution < -0.4 is 15.6 Å². The number of ether oxygens (including phenoxy) is 2. The van der Waals surface area contributed by atoms with Gasteiger partial charge in [-0.15, -0.1) is 11.3 Å². The summed E-state index contributed by atoms with van der Waals surface area (Å²) in [4.78, 5) is 16.8. The minimum atomic E-state index is -0.164. The van der Waals surface area contributed by atoms with E-state index in [-0.39, 0.29) is 17.6 Å². The van der Waals surface area contributed by atoms with E-state index in [0.29, 0.717) is 19.8 Å². The van der Waals surface area contributed by atoms with E-state index in [0.717, 1.165) is 22.0 Å². The Morgan fingerprint density at radius 1 is 1.33 bits per heavy atom. The maximum absolute atomic E-state index is 12.5. The third-order valence-electron chi connectivity index (χ3n) is 4.55. The van der Waals surface area contributed by atoms with Gasteiger partial charge in [-0.05, 0) is 18.2 Å². The van der Waals surface area contributed by atoms with Crippen molar-refractivity contribution in [2.75, 3.05) is 20.3 Å². The normalized spacial score (nSPS) is 19.3. The van der Waals surface area contributed by atoms with Gasteiger partial charge < -0.3 is 14.8 Å². The molecule has 3 heterocycles. The maximum atomic E-state index is 12.5. The Kier molecular flexibility index (Phi) is 5.28. The first-order chi connectivity index (χ1) is 13.2. The monoisotopic (exact) mass is 384 g/mol. The van der Waals surface area contributed by atoms with Crippen molar-refractivity contribution in [1.29, 1.82) is 0 Å². The number of rotatable bonds is 6. The number of methoxy groups -OCH3 is 1. The summed E-state index contributed by atoms with van der Waals surface area (Å²) in [6.45, 7) is 1.63. The second-order valence-corrected chi connectivity index (χ2v) is 7.23. The summed E-state index contributed by atoms with van der Waals surface area (Å²) in [5.74, 6) is 0.749. The molecule has 8 heteroatoms. The topological polar surface area (TPSA) is 78.3 Å². The van der Waals surface area contributed by atoms with Gasteiger partial charge in [-0.1, -0.05) is 12.1 Å². The molecule has 4 rings (SSSR count). The van der Waals surface area contributed by atoms with Crippen LogP contribution in [0, 0.1) is 0 Å². The maximum Gasteiger partial charge on any atom is 0.267 e. The fourth-order valence-electron chi connectivity index (χ4n) is 3.14. The third kappa shape index (κ3) is 3.92. The van der Waals surface area contributed by atoms with Crippen molar-refractivity contribution in [3.63, 3.8) is 0 Å². The largest absolute Gasteiger partial charge is 0.497 e. The molecule has 2 aromatic heterocycles. The average molecular weight is 384 g/mol. The lowest BCUT2D eigenvalue weighted by molar-refractivity contribution is 0.181. The van der Waals surface area contributed by atoms with Gasteiger partial charge >= 0.3 is 0 Å². The molecule has 1 aliphatic heterocycles. The molecule has 2 unspecified atom stereocenters. The van der Waals surface area contributed by atoms with E-state index < -0.39 is 0 Å². The number of benzene rings is 1. The molecule has 1 fully saturated rings. The standard InChI is InChI=1S/C19H20N4O3S/c1-25-14-4-2-3-13(9-14)15-5-6-19(24)23(22-15)17-12-26-11-16(17)21-10-18-20-7-8-27-18/h2-9,16-17,21H,10-12H2,1H3. The van der Waals surface area contributed by atoms with Gasteiger partial charge in [0, 0.05) is 29.8 Å². The van der Waals surface area contributed by atoms with Gasteiger partial charge in [0.1, 0.15) is 10.8 Å². The first-order valence-electron chi connectivity index (χ1n) is 8.68. The summed E-state index contributed by atoms with van der Waals surface area (Å²) >= 11 is 1.60. The Morgan fingerprint density at radius 3 is 3.07 bits per heavy atom. The Labute approximate surface area is 160 Å². The minimum absolute atomic E-state index is 0.000315. The number of nitrogens with one attached hydrogen (secondary N) is 1. The zero-order chi connectivity index (χ0) is 18.6. The Balaban J connectivity index is 1.59. The number of thiazole rings is 1. The molecule has 0 aliphatic carbocycles. The Morgan fingerprint density at radius 2 is 2.26 bits per heavy atom. The first-order valence-corrected chi connectivity index (χ1v) is 9.56. The number of hydrogen-bond donors (Lipinski definition) is 1. The van der Waals surface area contributed by atoms with Gasteiger partial charge in [0.25, 0.3) is 5.56 Å². The summed E-state index contributed by atoms with van der Waals surface area (Å²) in [6.07, 6.45) is 1.79. The zero-order valence-corrected chi connectivity index (χ0v) is 15.7. The zero-order valence-electron chi connectivity index (χ0n) is 14.9. The number of aromatic nitrogens is 3. The van der Waals surface area contributed by atoms with Crippen LogP contribution in [0.4, 0.5) is 0 Å². The molecule has 0 amide bonds. The second-order valence-electron chi connectivity index (χ2n) is 6.25. The fourth-order valence-corrected chi connectivity index (χ4v) is 3.70. The van der Waals surface area contributed by atoms with Crippen molar-refractivity contribution < 1.29 is 9.47 Å². The van der Waals surface area contributed by atoms with Gasteiger partial charge in [-0.25, -0.2) is 9.67 Å². The molecule has 1 N–H and O–H groups in total. The van der Waals surface area contributed by atoms with Gasteiger partial charge in [-0.3, -0.25) is 4.79 Å². The first kappa shape index (κ1) is 17.8. The Bertz CT molecular complexity index is 958. The van der Waals surface area contributed by atoms with E-state index in [1.165, 1.54) is 4.68 Å². The highest BCUT2D eigenvalue weighted by Gasteiger charge is 2.31. The summed E-state index contributed by atoms with van der Waals surface area (Å²) in [5, 5.41) is 11.0. The molecule has 2 atom stereocenters. The SMILES string of the molecule is COc1cccc(-c2ccc(=O)n(C3COCC3NCc3nccs3)n2)c1. The average Bonchev–Trinajstić information content (AvgIpc) is 3.38. The van der Waals surface area contributed by atoms with E-state index in [9.17, 15) is 4.79 Å². The summed E-state index contributed by atoms with van der Waals surface area (Å²) in [7, 11) is 1.63. The second kappa shape index (κ2) is 7.99. The summed E-state index contributed by atoms with van der Waals surface area (Å²) in [6, 6.07) is 10.8.